The maximum Gasteiger partial charge on any atom is 0.0375 e. The smallest absolute Gasteiger partial charge is 0.0375 e. The van der Waals surface area contributed by atoms with Crippen molar-refractivity contribution < 1.29 is 0 Å². The highest BCUT2D eigenvalue weighted by molar-refractivity contribution is 5.05. The van der Waals surface area contributed by atoms with Gasteiger partial charge in [-0.3, -0.25) is 9.80 Å². The van der Waals surface area contributed by atoms with Crippen LogP contribution in [0.3, 0.4) is 0 Å². The molecule has 12 heavy (non-hydrogen) atoms. The highest BCUT2D eigenvalue weighted by Crippen LogP contribution is 2.36. The predicted octanol–water partition coefficient (Wildman–Crippen LogP) is -0.524. The van der Waals surface area contributed by atoms with Crippen LogP contribution >= 0.6 is 0 Å². The maximum atomic E-state index is 5.81. The number of nitrogens with two attached hydrogens (primary N) is 1. The van der Waals surface area contributed by atoms with E-state index < -0.39 is 0 Å². The number of rotatable bonds is 1. The summed E-state index contributed by atoms with van der Waals surface area (Å²) >= 11 is 0. The molecule has 0 aromatic heterocycles. The van der Waals surface area contributed by atoms with Crippen LogP contribution in [0.25, 0.3) is 0 Å². The lowest BCUT2D eigenvalue weighted by Gasteiger charge is -2.52. The molecule has 0 aliphatic carbocycles. The fraction of sp³-hybridized carbons (Fsp3) is 1.00. The molecule has 0 saturated carbocycles. The number of hydrogen-bond donors (Lipinski definition) is 1. The van der Waals surface area contributed by atoms with E-state index in [-0.39, 0.29) is 0 Å². The Labute approximate surface area is 73.5 Å². The lowest BCUT2D eigenvalue weighted by atomic mass is 9.99. The highest BCUT2D eigenvalue weighted by Gasteiger charge is 2.48. The standard InChI is InChI=1S/C9H17N3/c10-5-9-8-2-1-7-6-11(9)3-4-12(7)8/h7-9H,1-6,10H2. The molecule has 2 N–H and O–H groups in total. The van der Waals surface area contributed by atoms with Gasteiger partial charge < -0.3 is 5.73 Å². The molecule has 3 heteroatoms. The van der Waals surface area contributed by atoms with Crippen LogP contribution in [0.1, 0.15) is 12.8 Å². The monoisotopic (exact) mass is 167 g/mol. The minimum absolute atomic E-state index is 0.678. The number of nitrogens with zero attached hydrogens (tertiary/aromatic N) is 2. The lowest BCUT2D eigenvalue weighted by Crippen LogP contribution is -2.68. The first kappa shape index (κ1) is 7.30. The predicted molar refractivity (Wildman–Crippen MR) is 47.9 cm³/mol. The first-order valence-corrected chi connectivity index (χ1v) is 5.10. The van der Waals surface area contributed by atoms with Gasteiger partial charge in [0.05, 0.1) is 0 Å². The van der Waals surface area contributed by atoms with Crippen LogP contribution in [0.15, 0.2) is 0 Å². The van der Waals surface area contributed by atoms with Crippen molar-refractivity contribution in [2.45, 2.75) is 31.0 Å². The van der Waals surface area contributed by atoms with Crippen LogP contribution in [-0.2, 0) is 0 Å². The second-order valence-electron chi connectivity index (χ2n) is 4.33. The molecule has 4 rings (SSSR count). The van der Waals surface area contributed by atoms with Gasteiger partial charge in [-0.1, -0.05) is 0 Å². The topological polar surface area (TPSA) is 32.5 Å². The number of piperazine rings is 3. The van der Waals surface area contributed by atoms with E-state index in [1.807, 2.05) is 0 Å². The number of hydrogen-bond acceptors (Lipinski definition) is 3. The van der Waals surface area contributed by atoms with E-state index in [1.54, 1.807) is 0 Å². The van der Waals surface area contributed by atoms with E-state index in [0.29, 0.717) is 6.04 Å². The van der Waals surface area contributed by atoms with Crippen molar-refractivity contribution in [3.8, 4) is 0 Å². The van der Waals surface area contributed by atoms with Crippen molar-refractivity contribution in [3.05, 3.63) is 0 Å². The van der Waals surface area contributed by atoms with Gasteiger partial charge in [-0.15, -0.1) is 0 Å². The molecule has 5 unspecified atom stereocenters. The van der Waals surface area contributed by atoms with Crippen molar-refractivity contribution >= 4 is 0 Å². The molecular formula is C9H17N3. The molecule has 4 bridgehead atoms. The zero-order chi connectivity index (χ0) is 8.13. The quantitative estimate of drug-likeness (QED) is 0.570. The van der Waals surface area contributed by atoms with Gasteiger partial charge in [0.25, 0.3) is 0 Å². The second-order valence-corrected chi connectivity index (χ2v) is 4.33. The molecule has 4 aliphatic heterocycles. The molecule has 4 fully saturated rings. The Morgan fingerprint density at radius 3 is 3.00 bits per heavy atom. The third-order valence-corrected chi connectivity index (χ3v) is 3.94. The SMILES string of the molecule is NCC1C2CCC3CN1CCN32. The van der Waals surface area contributed by atoms with Crippen molar-refractivity contribution in [1.82, 2.24) is 9.80 Å². The summed E-state index contributed by atoms with van der Waals surface area (Å²) in [5.74, 6) is 0. The molecule has 4 heterocycles. The molecule has 0 aromatic carbocycles. The molecule has 4 aliphatic rings. The van der Waals surface area contributed by atoms with Crippen molar-refractivity contribution in [2.24, 2.45) is 5.73 Å². The van der Waals surface area contributed by atoms with E-state index in [4.69, 9.17) is 5.73 Å². The Balaban J connectivity index is 1.91. The van der Waals surface area contributed by atoms with Gasteiger partial charge in [0.15, 0.2) is 0 Å². The second kappa shape index (κ2) is 2.44. The van der Waals surface area contributed by atoms with Crippen LogP contribution in [0, 0.1) is 0 Å². The summed E-state index contributed by atoms with van der Waals surface area (Å²) in [6.07, 6.45) is 2.81. The van der Waals surface area contributed by atoms with E-state index in [1.165, 1.54) is 32.5 Å². The Morgan fingerprint density at radius 1 is 1.25 bits per heavy atom. The van der Waals surface area contributed by atoms with E-state index in [0.717, 1.165) is 18.6 Å². The van der Waals surface area contributed by atoms with Crippen molar-refractivity contribution in [3.63, 3.8) is 0 Å². The Kier molecular flexibility index (Phi) is 1.48. The first-order chi connectivity index (χ1) is 5.90. The van der Waals surface area contributed by atoms with Crippen LogP contribution in [0.5, 0.6) is 0 Å². The third-order valence-electron chi connectivity index (χ3n) is 3.94. The molecular weight excluding hydrogens is 150 g/mol. The summed E-state index contributed by atoms with van der Waals surface area (Å²) < 4.78 is 0. The Morgan fingerprint density at radius 2 is 2.17 bits per heavy atom. The molecule has 5 atom stereocenters. The average Bonchev–Trinajstić information content (AvgIpc) is 2.46. The van der Waals surface area contributed by atoms with Gasteiger partial charge in [-0.25, -0.2) is 0 Å². The fourth-order valence-electron chi connectivity index (χ4n) is 3.38. The molecule has 0 radical (unpaired) electrons. The third kappa shape index (κ3) is 0.767. The summed E-state index contributed by atoms with van der Waals surface area (Å²) in [7, 11) is 0. The minimum Gasteiger partial charge on any atom is -0.329 e. The van der Waals surface area contributed by atoms with Gasteiger partial charge in [0.2, 0.25) is 0 Å². The van der Waals surface area contributed by atoms with Crippen LogP contribution in [0.2, 0.25) is 0 Å². The fourth-order valence-corrected chi connectivity index (χ4v) is 3.38. The van der Waals surface area contributed by atoms with Crippen molar-refractivity contribution in [2.75, 3.05) is 26.2 Å². The zero-order valence-electron chi connectivity index (χ0n) is 7.45. The molecule has 68 valence electrons. The van der Waals surface area contributed by atoms with E-state index in [2.05, 4.69) is 9.80 Å². The maximum absolute atomic E-state index is 5.81. The normalized spacial score (nSPS) is 56.2. The minimum atomic E-state index is 0.678. The molecule has 4 saturated heterocycles. The largest absolute Gasteiger partial charge is 0.329 e. The first-order valence-electron chi connectivity index (χ1n) is 5.10. The summed E-state index contributed by atoms with van der Waals surface area (Å²) in [6.45, 7) is 4.70. The van der Waals surface area contributed by atoms with E-state index >= 15 is 0 Å². The molecule has 0 aromatic rings. The zero-order valence-corrected chi connectivity index (χ0v) is 7.45. The summed E-state index contributed by atoms with van der Waals surface area (Å²) in [4.78, 5) is 5.32. The van der Waals surface area contributed by atoms with Crippen LogP contribution in [0.4, 0.5) is 0 Å². The molecule has 0 amide bonds. The van der Waals surface area contributed by atoms with Gasteiger partial charge in [0.1, 0.15) is 0 Å². The van der Waals surface area contributed by atoms with E-state index in [9.17, 15) is 0 Å². The Hall–Kier alpha value is -0.120. The highest BCUT2D eigenvalue weighted by atomic mass is 15.4. The van der Waals surface area contributed by atoms with Crippen molar-refractivity contribution in [1.29, 1.82) is 0 Å². The lowest BCUT2D eigenvalue weighted by molar-refractivity contribution is -0.0373. The molecule has 3 nitrogen and oxygen atoms in total. The van der Waals surface area contributed by atoms with Gasteiger partial charge in [0, 0.05) is 44.3 Å². The van der Waals surface area contributed by atoms with Crippen LogP contribution < -0.4 is 5.73 Å². The number of fused-ring (bicyclic) bond motifs is 1. The van der Waals surface area contributed by atoms with Crippen LogP contribution in [-0.4, -0.2) is 54.1 Å². The summed E-state index contributed by atoms with van der Waals surface area (Å²) in [5.41, 5.74) is 5.81. The summed E-state index contributed by atoms with van der Waals surface area (Å²) in [5, 5.41) is 0. The Bertz CT molecular complexity index is 194. The summed E-state index contributed by atoms with van der Waals surface area (Å²) in [6, 6.07) is 2.37. The van der Waals surface area contributed by atoms with Gasteiger partial charge >= 0.3 is 0 Å². The van der Waals surface area contributed by atoms with Gasteiger partial charge in [-0.2, -0.15) is 0 Å². The average molecular weight is 167 g/mol. The van der Waals surface area contributed by atoms with Gasteiger partial charge in [-0.05, 0) is 12.8 Å². The molecule has 0 spiro atoms.